The van der Waals surface area contributed by atoms with Gasteiger partial charge >= 0.3 is 0 Å². The van der Waals surface area contributed by atoms with E-state index in [0.29, 0.717) is 29.1 Å². The van der Waals surface area contributed by atoms with Crippen LogP contribution in [0, 0.1) is 19.3 Å². The lowest BCUT2D eigenvalue weighted by molar-refractivity contribution is -0.120. The van der Waals surface area contributed by atoms with Crippen molar-refractivity contribution >= 4 is 39.6 Å². The van der Waals surface area contributed by atoms with E-state index in [-0.39, 0.29) is 17.0 Å². The van der Waals surface area contributed by atoms with Crippen LogP contribution in [-0.2, 0) is 4.79 Å². The van der Waals surface area contributed by atoms with Crippen molar-refractivity contribution in [2.75, 3.05) is 30.3 Å². The fraction of sp³-hybridized carbons (Fsp3) is 0.286. The molecule has 11 nitrogen and oxygen atoms in total. The second kappa shape index (κ2) is 9.28. The Morgan fingerprint density at radius 3 is 2.69 bits per heavy atom. The van der Waals surface area contributed by atoms with Crippen LogP contribution in [0.1, 0.15) is 35.6 Å². The lowest BCUT2D eigenvalue weighted by atomic mass is 9.84. The monoisotopic (exact) mass is 523 g/mol. The summed E-state index contributed by atoms with van der Waals surface area (Å²) >= 11 is 0. The summed E-state index contributed by atoms with van der Waals surface area (Å²) in [6.07, 6.45) is 5.25. The summed E-state index contributed by atoms with van der Waals surface area (Å²) in [5, 5.41) is 22.3. The first-order valence-electron chi connectivity index (χ1n) is 12.8. The van der Waals surface area contributed by atoms with Gasteiger partial charge in [-0.2, -0.15) is 5.10 Å². The Kier molecular flexibility index (Phi) is 5.87. The van der Waals surface area contributed by atoms with Crippen LogP contribution in [0.2, 0.25) is 0 Å². The smallest absolute Gasteiger partial charge is 0.278 e. The zero-order valence-corrected chi connectivity index (χ0v) is 22.2. The van der Waals surface area contributed by atoms with Crippen LogP contribution in [0.4, 0.5) is 11.4 Å². The molecule has 0 unspecified atom stereocenters. The Balaban J connectivity index is 1.20. The fourth-order valence-electron chi connectivity index (χ4n) is 5.30. The van der Waals surface area contributed by atoms with Crippen molar-refractivity contribution in [3.63, 3.8) is 0 Å². The molecule has 5 heterocycles. The summed E-state index contributed by atoms with van der Waals surface area (Å²) in [6.45, 7) is 10.3. The average Bonchev–Trinajstić information content (AvgIpc) is 3.51. The molecular formula is C28H29N9O2. The number of rotatable bonds is 6. The van der Waals surface area contributed by atoms with Gasteiger partial charge in [0, 0.05) is 30.2 Å². The number of pyridine rings is 2. The van der Waals surface area contributed by atoms with Crippen molar-refractivity contribution in [1.82, 2.24) is 34.9 Å². The summed E-state index contributed by atoms with van der Waals surface area (Å²) in [7, 11) is 0. The Morgan fingerprint density at radius 2 is 1.90 bits per heavy atom. The molecule has 1 saturated heterocycles. The van der Waals surface area contributed by atoms with Crippen LogP contribution < -0.4 is 10.6 Å². The quantitative estimate of drug-likeness (QED) is 0.308. The van der Waals surface area contributed by atoms with Gasteiger partial charge in [0.15, 0.2) is 5.69 Å². The van der Waals surface area contributed by atoms with E-state index >= 15 is 0 Å². The largest absolute Gasteiger partial charge is 0.324 e. The minimum Gasteiger partial charge on any atom is -0.324 e. The summed E-state index contributed by atoms with van der Waals surface area (Å²) < 4.78 is 1.60. The third kappa shape index (κ3) is 4.72. The lowest BCUT2D eigenvalue weighted by Crippen LogP contribution is -2.54. The number of carbonyl (C=O) groups is 2. The highest BCUT2D eigenvalue weighted by Gasteiger charge is 2.34. The summed E-state index contributed by atoms with van der Waals surface area (Å²) in [5.74, 6) is -0.531. The molecule has 1 aromatic carbocycles. The molecule has 4 aromatic heterocycles. The van der Waals surface area contributed by atoms with Crippen LogP contribution in [0.5, 0.6) is 0 Å². The molecule has 0 atom stereocenters. The van der Waals surface area contributed by atoms with Gasteiger partial charge in [0.1, 0.15) is 0 Å². The van der Waals surface area contributed by atoms with Gasteiger partial charge in [0.05, 0.1) is 47.0 Å². The SMILES string of the molecule is Cc1ccc2[nH]ncc2c1-c1ccc2c(C(=O)Nc3cc(NC(=O)CN4CC(C)(C)C4)cnc3C)nnn2c1. The molecule has 3 N–H and O–H groups in total. The Bertz CT molecular complexity index is 1740. The molecule has 0 radical (unpaired) electrons. The van der Waals surface area contributed by atoms with Gasteiger partial charge in [-0.15, -0.1) is 5.10 Å². The van der Waals surface area contributed by atoms with E-state index in [1.54, 1.807) is 29.9 Å². The molecule has 0 spiro atoms. The number of hydrogen-bond acceptors (Lipinski definition) is 7. The minimum absolute atomic E-state index is 0.116. The van der Waals surface area contributed by atoms with Gasteiger partial charge in [-0.25, -0.2) is 4.52 Å². The predicted octanol–water partition coefficient (Wildman–Crippen LogP) is 3.82. The number of nitrogens with zero attached hydrogens (tertiary/aromatic N) is 6. The van der Waals surface area contributed by atoms with Crippen molar-refractivity contribution in [2.24, 2.45) is 5.41 Å². The molecule has 0 aliphatic carbocycles. The average molecular weight is 524 g/mol. The van der Waals surface area contributed by atoms with Gasteiger partial charge in [-0.3, -0.25) is 24.6 Å². The molecule has 5 aromatic rings. The van der Waals surface area contributed by atoms with Crippen molar-refractivity contribution in [2.45, 2.75) is 27.7 Å². The normalized spacial score (nSPS) is 14.9. The highest BCUT2D eigenvalue weighted by atomic mass is 16.2. The van der Waals surface area contributed by atoms with Crippen LogP contribution >= 0.6 is 0 Å². The molecule has 0 bridgehead atoms. The molecule has 1 aliphatic rings. The molecule has 1 aliphatic heterocycles. The number of aryl methyl sites for hydroxylation is 2. The van der Waals surface area contributed by atoms with Gasteiger partial charge in [0.25, 0.3) is 5.91 Å². The third-order valence-corrected chi connectivity index (χ3v) is 7.04. The van der Waals surface area contributed by atoms with E-state index in [4.69, 9.17) is 0 Å². The topological polar surface area (TPSA) is 133 Å². The molecule has 2 amide bonds. The van der Waals surface area contributed by atoms with Crippen molar-refractivity contribution < 1.29 is 9.59 Å². The van der Waals surface area contributed by atoms with E-state index in [2.05, 4.69) is 54.9 Å². The number of anilines is 2. The molecular weight excluding hydrogens is 494 g/mol. The van der Waals surface area contributed by atoms with E-state index in [0.717, 1.165) is 40.7 Å². The number of aromatic nitrogens is 6. The number of amides is 2. The van der Waals surface area contributed by atoms with E-state index in [1.807, 2.05) is 37.4 Å². The number of nitrogens with one attached hydrogen (secondary N) is 3. The third-order valence-electron chi connectivity index (χ3n) is 7.04. The molecule has 39 heavy (non-hydrogen) atoms. The van der Waals surface area contributed by atoms with Crippen molar-refractivity contribution in [1.29, 1.82) is 0 Å². The van der Waals surface area contributed by atoms with Gasteiger partial charge in [-0.1, -0.05) is 31.2 Å². The number of aromatic amines is 1. The first kappa shape index (κ1) is 24.7. The van der Waals surface area contributed by atoms with E-state index in [9.17, 15) is 9.59 Å². The first-order chi connectivity index (χ1) is 18.7. The number of benzene rings is 1. The van der Waals surface area contributed by atoms with Crippen molar-refractivity contribution in [3.8, 4) is 11.1 Å². The van der Waals surface area contributed by atoms with Crippen LogP contribution in [0.3, 0.4) is 0 Å². The second-order valence-electron chi connectivity index (χ2n) is 10.9. The van der Waals surface area contributed by atoms with Gasteiger partial charge in [0.2, 0.25) is 5.91 Å². The fourth-order valence-corrected chi connectivity index (χ4v) is 5.30. The minimum atomic E-state index is -0.415. The number of H-pyrrole nitrogens is 1. The zero-order chi connectivity index (χ0) is 27.3. The summed E-state index contributed by atoms with van der Waals surface area (Å²) in [4.78, 5) is 32.2. The molecule has 198 valence electrons. The second-order valence-corrected chi connectivity index (χ2v) is 10.9. The van der Waals surface area contributed by atoms with Gasteiger partial charge in [-0.05, 0) is 48.6 Å². The number of fused-ring (bicyclic) bond motifs is 2. The van der Waals surface area contributed by atoms with Gasteiger partial charge < -0.3 is 10.6 Å². The highest BCUT2D eigenvalue weighted by Crippen LogP contribution is 2.32. The maximum absolute atomic E-state index is 13.2. The van der Waals surface area contributed by atoms with Crippen LogP contribution in [0.15, 0.2) is 48.9 Å². The van der Waals surface area contributed by atoms with E-state index in [1.165, 1.54) is 0 Å². The molecule has 6 rings (SSSR count). The Hall–Kier alpha value is -4.64. The van der Waals surface area contributed by atoms with Crippen LogP contribution in [0.25, 0.3) is 27.5 Å². The lowest BCUT2D eigenvalue weighted by Gasteiger charge is -2.45. The maximum Gasteiger partial charge on any atom is 0.278 e. The van der Waals surface area contributed by atoms with Crippen molar-refractivity contribution in [3.05, 3.63) is 65.9 Å². The predicted molar refractivity (Wildman–Crippen MR) is 149 cm³/mol. The van der Waals surface area contributed by atoms with E-state index < -0.39 is 5.91 Å². The number of hydrogen-bond donors (Lipinski definition) is 3. The highest BCUT2D eigenvalue weighted by molar-refractivity contribution is 6.08. The zero-order valence-electron chi connectivity index (χ0n) is 22.2. The standard InChI is InChI=1S/C28H29N9O2/c1-16-5-7-21-20(11-30-33-21)25(16)18-6-8-23-26(34-35-37(23)12-18)27(39)32-22-9-19(10-29-17(22)2)31-24(38)13-36-14-28(3,4)15-36/h5-12H,13-15H2,1-4H3,(H,30,33)(H,31,38)(H,32,39). The Morgan fingerprint density at radius 1 is 1.08 bits per heavy atom. The van der Waals surface area contributed by atoms with Crippen LogP contribution in [-0.4, -0.2) is 66.4 Å². The maximum atomic E-state index is 13.2. The molecule has 1 fully saturated rings. The number of carbonyl (C=O) groups excluding carboxylic acids is 2. The number of likely N-dealkylation sites (tertiary alicyclic amines) is 1. The first-order valence-corrected chi connectivity index (χ1v) is 12.8. The molecule has 11 heteroatoms. The molecule has 0 saturated carbocycles. The summed E-state index contributed by atoms with van der Waals surface area (Å²) in [5.41, 5.74) is 6.67. The Labute approximate surface area is 224 Å². The summed E-state index contributed by atoms with van der Waals surface area (Å²) in [6, 6.07) is 9.53.